The molecule has 0 aromatic heterocycles. The van der Waals surface area contributed by atoms with Gasteiger partial charge in [-0.05, 0) is 25.5 Å². The van der Waals surface area contributed by atoms with Crippen molar-refractivity contribution in [2.24, 2.45) is 0 Å². The van der Waals surface area contributed by atoms with Gasteiger partial charge in [-0.15, -0.1) is 0 Å². The van der Waals surface area contributed by atoms with Crippen molar-refractivity contribution in [3.63, 3.8) is 0 Å². The molecule has 0 aliphatic heterocycles. The number of para-hydroxylation sites is 1. The normalized spacial score (nSPS) is 10.6. The van der Waals surface area contributed by atoms with Gasteiger partial charge >= 0.3 is 0 Å². The third kappa shape index (κ3) is 6.09. The molecule has 0 aliphatic rings. The monoisotopic (exact) mass is 247 g/mol. The molecule has 1 rings (SSSR count). The summed E-state index contributed by atoms with van der Waals surface area (Å²) < 4.78 is 0. The van der Waals surface area contributed by atoms with E-state index in [2.05, 4.69) is 49.1 Å². The van der Waals surface area contributed by atoms with Crippen molar-refractivity contribution in [2.45, 2.75) is 58.8 Å². The molecule has 0 saturated carbocycles. The van der Waals surface area contributed by atoms with Gasteiger partial charge in [-0.2, -0.15) is 0 Å². The van der Waals surface area contributed by atoms with Gasteiger partial charge in [0.05, 0.1) is 0 Å². The summed E-state index contributed by atoms with van der Waals surface area (Å²) in [6.07, 6.45) is 9.72. The van der Waals surface area contributed by atoms with Gasteiger partial charge in [-0.25, -0.2) is 0 Å². The van der Waals surface area contributed by atoms with Gasteiger partial charge in [0, 0.05) is 18.8 Å². The Balaban J connectivity index is 2.13. The highest BCUT2D eigenvalue weighted by Gasteiger charge is 2.02. The Morgan fingerprint density at radius 3 is 2.00 bits per heavy atom. The smallest absolute Gasteiger partial charge is 0.0366 e. The fourth-order valence-electron chi connectivity index (χ4n) is 2.37. The molecule has 0 heterocycles. The van der Waals surface area contributed by atoms with E-state index in [1.54, 1.807) is 0 Å². The molecule has 102 valence electrons. The van der Waals surface area contributed by atoms with Crippen LogP contribution >= 0.6 is 0 Å². The number of hydrogen-bond donors (Lipinski definition) is 0. The molecule has 1 aromatic carbocycles. The van der Waals surface area contributed by atoms with Crippen LogP contribution in [0.25, 0.3) is 0 Å². The molecule has 0 bridgehead atoms. The van der Waals surface area contributed by atoms with Crippen molar-refractivity contribution in [3.8, 4) is 0 Å². The molecule has 18 heavy (non-hydrogen) atoms. The molecule has 1 aromatic rings. The van der Waals surface area contributed by atoms with E-state index in [0.29, 0.717) is 0 Å². The van der Waals surface area contributed by atoms with Crippen molar-refractivity contribution in [1.29, 1.82) is 0 Å². The lowest BCUT2D eigenvalue weighted by Crippen LogP contribution is -2.23. The minimum absolute atomic E-state index is 1.11. The zero-order chi connectivity index (χ0) is 13.1. The van der Waals surface area contributed by atoms with E-state index in [1.807, 2.05) is 0 Å². The van der Waals surface area contributed by atoms with Crippen LogP contribution in [0, 0.1) is 0 Å². The molecular weight excluding hydrogens is 218 g/mol. The van der Waals surface area contributed by atoms with Crippen LogP contribution in [0.2, 0.25) is 0 Å². The third-order valence-electron chi connectivity index (χ3n) is 3.53. The molecule has 0 aliphatic carbocycles. The van der Waals surface area contributed by atoms with Crippen LogP contribution in [-0.2, 0) is 0 Å². The van der Waals surface area contributed by atoms with E-state index in [0.717, 1.165) is 6.54 Å². The summed E-state index contributed by atoms with van der Waals surface area (Å²) in [4.78, 5) is 2.48. The van der Waals surface area contributed by atoms with Gasteiger partial charge in [-0.3, -0.25) is 0 Å². The number of rotatable bonds is 10. The molecule has 1 heteroatoms. The third-order valence-corrected chi connectivity index (χ3v) is 3.53. The highest BCUT2D eigenvalue weighted by molar-refractivity contribution is 5.45. The van der Waals surface area contributed by atoms with E-state index < -0.39 is 0 Å². The van der Waals surface area contributed by atoms with Crippen molar-refractivity contribution in [3.05, 3.63) is 30.3 Å². The summed E-state index contributed by atoms with van der Waals surface area (Å²) in [5.74, 6) is 0. The van der Waals surface area contributed by atoms with Crippen LogP contribution in [0.3, 0.4) is 0 Å². The SMILES string of the molecule is CCCCCCCCCN(CC)c1ccccc1. The van der Waals surface area contributed by atoms with E-state index in [9.17, 15) is 0 Å². The predicted molar refractivity (Wildman–Crippen MR) is 82.3 cm³/mol. The fraction of sp³-hybridized carbons (Fsp3) is 0.647. The number of anilines is 1. The summed E-state index contributed by atoms with van der Waals surface area (Å²) in [6.45, 7) is 6.83. The summed E-state index contributed by atoms with van der Waals surface area (Å²) >= 11 is 0. The summed E-state index contributed by atoms with van der Waals surface area (Å²) in [6, 6.07) is 10.8. The molecule has 0 spiro atoms. The Morgan fingerprint density at radius 2 is 1.39 bits per heavy atom. The second kappa shape index (κ2) is 9.99. The highest BCUT2D eigenvalue weighted by Crippen LogP contribution is 2.14. The standard InChI is InChI=1S/C17H29N/c1-3-5-6-7-8-9-13-16-18(4-2)17-14-11-10-12-15-17/h10-12,14-15H,3-9,13,16H2,1-2H3. The molecular formula is C17H29N. The minimum atomic E-state index is 1.11. The summed E-state index contributed by atoms with van der Waals surface area (Å²) in [7, 11) is 0. The number of hydrogen-bond acceptors (Lipinski definition) is 1. The average molecular weight is 247 g/mol. The summed E-state index contributed by atoms with van der Waals surface area (Å²) in [5, 5.41) is 0. The van der Waals surface area contributed by atoms with Gasteiger partial charge in [0.2, 0.25) is 0 Å². The Bertz CT molecular complexity index is 281. The maximum absolute atomic E-state index is 2.48. The molecule has 0 fully saturated rings. The summed E-state index contributed by atoms with van der Waals surface area (Å²) in [5.41, 5.74) is 1.37. The van der Waals surface area contributed by atoms with Crippen LogP contribution in [0.1, 0.15) is 58.8 Å². The van der Waals surface area contributed by atoms with Gasteiger partial charge in [0.15, 0.2) is 0 Å². The molecule has 0 radical (unpaired) electrons. The molecule has 0 saturated heterocycles. The quantitative estimate of drug-likeness (QED) is 0.509. The van der Waals surface area contributed by atoms with Crippen molar-refractivity contribution < 1.29 is 0 Å². The first kappa shape index (κ1) is 15.1. The lowest BCUT2D eigenvalue weighted by Gasteiger charge is -2.23. The minimum Gasteiger partial charge on any atom is -0.372 e. The Kier molecular flexibility index (Phi) is 8.37. The first-order valence-corrected chi connectivity index (χ1v) is 7.68. The van der Waals surface area contributed by atoms with Gasteiger partial charge in [0.1, 0.15) is 0 Å². The Hall–Kier alpha value is -0.980. The first-order valence-electron chi connectivity index (χ1n) is 7.68. The van der Waals surface area contributed by atoms with Gasteiger partial charge in [0.25, 0.3) is 0 Å². The van der Waals surface area contributed by atoms with Crippen molar-refractivity contribution in [2.75, 3.05) is 18.0 Å². The maximum atomic E-state index is 2.48. The zero-order valence-electron chi connectivity index (χ0n) is 12.2. The average Bonchev–Trinajstić information content (AvgIpc) is 2.43. The van der Waals surface area contributed by atoms with E-state index in [4.69, 9.17) is 0 Å². The largest absolute Gasteiger partial charge is 0.372 e. The molecule has 0 amide bonds. The second-order valence-corrected chi connectivity index (χ2v) is 5.04. The van der Waals surface area contributed by atoms with Gasteiger partial charge < -0.3 is 4.90 Å². The fourth-order valence-corrected chi connectivity index (χ4v) is 2.37. The molecule has 0 N–H and O–H groups in total. The van der Waals surface area contributed by atoms with Crippen molar-refractivity contribution in [1.82, 2.24) is 0 Å². The second-order valence-electron chi connectivity index (χ2n) is 5.04. The van der Waals surface area contributed by atoms with Crippen LogP contribution in [0.15, 0.2) is 30.3 Å². The lowest BCUT2D eigenvalue weighted by molar-refractivity contribution is 0.585. The highest BCUT2D eigenvalue weighted by atomic mass is 15.1. The van der Waals surface area contributed by atoms with Crippen LogP contribution in [0.5, 0.6) is 0 Å². The Morgan fingerprint density at radius 1 is 0.778 bits per heavy atom. The number of benzene rings is 1. The topological polar surface area (TPSA) is 3.24 Å². The predicted octanol–water partition coefficient (Wildman–Crippen LogP) is 5.26. The van der Waals surface area contributed by atoms with Crippen molar-refractivity contribution >= 4 is 5.69 Å². The number of unbranched alkanes of at least 4 members (excludes halogenated alkanes) is 6. The molecule has 0 atom stereocenters. The zero-order valence-corrected chi connectivity index (χ0v) is 12.2. The van der Waals surface area contributed by atoms with E-state index in [-0.39, 0.29) is 0 Å². The number of nitrogens with zero attached hydrogens (tertiary/aromatic N) is 1. The van der Waals surface area contributed by atoms with Gasteiger partial charge in [-0.1, -0.05) is 63.6 Å². The molecule has 1 nitrogen and oxygen atoms in total. The maximum Gasteiger partial charge on any atom is 0.0366 e. The molecule has 0 unspecified atom stereocenters. The van der Waals surface area contributed by atoms with Crippen LogP contribution in [-0.4, -0.2) is 13.1 Å². The Labute approximate surface area is 113 Å². The van der Waals surface area contributed by atoms with E-state index in [1.165, 1.54) is 57.2 Å². The lowest BCUT2D eigenvalue weighted by atomic mass is 10.1. The van der Waals surface area contributed by atoms with Crippen LogP contribution in [0.4, 0.5) is 5.69 Å². The first-order chi connectivity index (χ1) is 8.88. The van der Waals surface area contributed by atoms with Crippen LogP contribution < -0.4 is 4.90 Å². The van der Waals surface area contributed by atoms with E-state index >= 15 is 0 Å².